The smallest absolute Gasteiger partial charge is 0.257 e. The van der Waals surface area contributed by atoms with E-state index in [0.717, 1.165) is 16.9 Å². The molecule has 5 heteroatoms. The Morgan fingerprint density at radius 2 is 1.95 bits per heavy atom. The van der Waals surface area contributed by atoms with Crippen LogP contribution in [0.2, 0.25) is 0 Å². The van der Waals surface area contributed by atoms with Gasteiger partial charge in [0.05, 0.1) is 17.9 Å². The van der Waals surface area contributed by atoms with Gasteiger partial charge in [0.2, 0.25) is 0 Å². The average molecular weight is 285 g/mol. The lowest BCUT2D eigenvalue weighted by molar-refractivity contribution is 0.102. The molecule has 0 bridgehead atoms. The molecule has 0 atom stereocenters. The Balaban J connectivity index is 2.01. The van der Waals surface area contributed by atoms with Crippen LogP contribution in [-0.4, -0.2) is 31.2 Å². The minimum Gasteiger partial charge on any atom is -0.383 e. The number of carbonyl (C=O) groups is 1. The molecule has 0 fully saturated rings. The molecular weight excluding hydrogens is 266 g/mol. The first-order valence-electron chi connectivity index (χ1n) is 6.75. The third-order valence-corrected chi connectivity index (χ3v) is 2.95. The highest BCUT2D eigenvalue weighted by Gasteiger charge is 2.07. The standard InChI is InChI=1S/C16H19N3O2/c1-12-3-5-14(6-4-12)19-16(20)13-9-15(11-17-10-13)18-7-8-21-2/h3-6,9-11,18H,7-8H2,1-2H3,(H,19,20). The normalized spacial score (nSPS) is 10.2. The summed E-state index contributed by atoms with van der Waals surface area (Å²) in [7, 11) is 1.64. The summed E-state index contributed by atoms with van der Waals surface area (Å²) in [6.07, 6.45) is 3.23. The zero-order chi connectivity index (χ0) is 15.1. The number of aromatic nitrogens is 1. The summed E-state index contributed by atoms with van der Waals surface area (Å²) in [5.41, 5.74) is 3.23. The zero-order valence-electron chi connectivity index (χ0n) is 12.2. The van der Waals surface area contributed by atoms with Crippen LogP contribution in [0.1, 0.15) is 15.9 Å². The second kappa shape index (κ2) is 7.40. The van der Waals surface area contributed by atoms with E-state index >= 15 is 0 Å². The lowest BCUT2D eigenvalue weighted by Crippen LogP contribution is -2.13. The zero-order valence-corrected chi connectivity index (χ0v) is 12.2. The number of amides is 1. The Labute approximate surface area is 124 Å². The van der Waals surface area contributed by atoms with Gasteiger partial charge in [-0.25, -0.2) is 0 Å². The van der Waals surface area contributed by atoms with Crippen LogP contribution in [0.15, 0.2) is 42.7 Å². The molecule has 1 aromatic carbocycles. The monoisotopic (exact) mass is 285 g/mol. The van der Waals surface area contributed by atoms with Crippen molar-refractivity contribution in [3.63, 3.8) is 0 Å². The fourth-order valence-electron chi connectivity index (χ4n) is 1.80. The number of benzene rings is 1. The number of ether oxygens (including phenoxy) is 1. The number of nitrogens with one attached hydrogen (secondary N) is 2. The summed E-state index contributed by atoms with van der Waals surface area (Å²) in [4.78, 5) is 16.3. The fraction of sp³-hybridized carbons (Fsp3) is 0.250. The molecule has 0 unspecified atom stereocenters. The van der Waals surface area contributed by atoms with Crippen molar-refractivity contribution in [3.05, 3.63) is 53.9 Å². The molecule has 110 valence electrons. The number of nitrogens with zero attached hydrogens (tertiary/aromatic N) is 1. The molecule has 1 amide bonds. The van der Waals surface area contributed by atoms with E-state index in [1.807, 2.05) is 31.2 Å². The molecule has 2 rings (SSSR count). The lowest BCUT2D eigenvalue weighted by atomic mass is 10.2. The van der Waals surface area contributed by atoms with Crippen molar-refractivity contribution >= 4 is 17.3 Å². The SMILES string of the molecule is COCCNc1cncc(C(=O)Nc2ccc(C)cc2)c1. The van der Waals surface area contributed by atoms with Gasteiger partial charge in [0.15, 0.2) is 0 Å². The molecule has 0 aliphatic carbocycles. The number of hydrogen-bond donors (Lipinski definition) is 2. The van der Waals surface area contributed by atoms with Crippen molar-refractivity contribution < 1.29 is 9.53 Å². The Kier molecular flexibility index (Phi) is 5.29. The van der Waals surface area contributed by atoms with Crippen molar-refractivity contribution in [2.45, 2.75) is 6.92 Å². The van der Waals surface area contributed by atoms with Crippen LogP contribution >= 0.6 is 0 Å². The summed E-state index contributed by atoms with van der Waals surface area (Å²) in [5, 5.41) is 5.99. The summed E-state index contributed by atoms with van der Waals surface area (Å²) in [6, 6.07) is 9.43. The van der Waals surface area contributed by atoms with Gasteiger partial charge in [0.1, 0.15) is 0 Å². The number of methoxy groups -OCH3 is 1. The summed E-state index contributed by atoms with van der Waals surface area (Å²) in [5.74, 6) is -0.179. The average Bonchev–Trinajstić information content (AvgIpc) is 2.50. The van der Waals surface area contributed by atoms with Crippen LogP contribution in [0.25, 0.3) is 0 Å². The van der Waals surface area contributed by atoms with E-state index < -0.39 is 0 Å². The number of anilines is 2. The van der Waals surface area contributed by atoms with Gasteiger partial charge in [0.25, 0.3) is 5.91 Å². The highest BCUT2D eigenvalue weighted by Crippen LogP contribution is 2.13. The molecule has 0 saturated carbocycles. The van der Waals surface area contributed by atoms with E-state index in [1.54, 1.807) is 25.6 Å². The summed E-state index contributed by atoms with van der Waals surface area (Å²) >= 11 is 0. The van der Waals surface area contributed by atoms with Crippen LogP contribution in [0, 0.1) is 6.92 Å². The minimum atomic E-state index is -0.179. The van der Waals surface area contributed by atoms with Crippen LogP contribution in [0.4, 0.5) is 11.4 Å². The van der Waals surface area contributed by atoms with Crippen LogP contribution in [0.3, 0.4) is 0 Å². The number of hydrogen-bond acceptors (Lipinski definition) is 4. The number of carbonyl (C=O) groups excluding carboxylic acids is 1. The van der Waals surface area contributed by atoms with Crippen LogP contribution in [0.5, 0.6) is 0 Å². The maximum atomic E-state index is 12.2. The Hall–Kier alpha value is -2.40. The first-order chi connectivity index (χ1) is 10.2. The van der Waals surface area contributed by atoms with E-state index in [-0.39, 0.29) is 5.91 Å². The van der Waals surface area contributed by atoms with Gasteiger partial charge in [-0.1, -0.05) is 17.7 Å². The van der Waals surface area contributed by atoms with Crippen molar-refractivity contribution in [2.24, 2.45) is 0 Å². The number of rotatable bonds is 6. The van der Waals surface area contributed by atoms with Gasteiger partial charge >= 0.3 is 0 Å². The van der Waals surface area contributed by atoms with E-state index in [0.29, 0.717) is 18.7 Å². The van der Waals surface area contributed by atoms with E-state index in [2.05, 4.69) is 15.6 Å². The summed E-state index contributed by atoms with van der Waals surface area (Å²) < 4.78 is 4.97. The predicted molar refractivity (Wildman–Crippen MR) is 83.7 cm³/mol. The lowest BCUT2D eigenvalue weighted by Gasteiger charge is -2.08. The first-order valence-corrected chi connectivity index (χ1v) is 6.75. The Morgan fingerprint density at radius 1 is 1.19 bits per heavy atom. The number of pyridine rings is 1. The molecule has 5 nitrogen and oxygen atoms in total. The molecular formula is C16H19N3O2. The van der Waals surface area contributed by atoms with Crippen LogP contribution in [-0.2, 0) is 4.74 Å². The van der Waals surface area contributed by atoms with Crippen molar-refractivity contribution in [1.29, 1.82) is 0 Å². The highest BCUT2D eigenvalue weighted by molar-refractivity contribution is 6.04. The molecule has 2 N–H and O–H groups in total. The maximum absolute atomic E-state index is 12.2. The van der Waals surface area contributed by atoms with Crippen molar-refractivity contribution in [2.75, 3.05) is 30.9 Å². The predicted octanol–water partition coefficient (Wildman–Crippen LogP) is 2.70. The van der Waals surface area contributed by atoms with E-state index in [1.165, 1.54) is 0 Å². The van der Waals surface area contributed by atoms with Gasteiger partial charge in [-0.05, 0) is 25.1 Å². The van der Waals surface area contributed by atoms with Crippen LogP contribution < -0.4 is 10.6 Å². The van der Waals surface area contributed by atoms with Gasteiger partial charge in [-0.3, -0.25) is 9.78 Å². The van der Waals surface area contributed by atoms with Gasteiger partial charge in [-0.2, -0.15) is 0 Å². The van der Waals surface area contributed by atoms with Crippen molar-refractivity contribution in [1.82, 2.24) is 4.98 Å². The summed E-state index contributed by atoms with van der Waals surface area (Å²) in [6.45, 7) is 3.27. The Bertz CT molecular complexity index is 597. The third-order valence-electron chi connectivity index (χ3n) is 2.95. The second-order valence-electron chi connectivity index (χ2n) is 4.70. The molecule has 2 aromatic rings. The quantitative estimate of drug-likeness (QED) is 0.801. The molecule has 0 spiro atoms. The molecule has 1 heterocycles. The molecule has 21 heavy (non-hydrogen) atoms. The second-order valence-corrected chi connectivity index (χ2v) is 4.70. The topological polar surface area (TPSA) is 63.2 Å². The minimum absolute atomic E-state index is 0.179. The van der Waals surface area contributed by atoms with Gasteiger partial charge in [0, 0.05) is 31.7 Å². The largest absolute Gasteiger partial charge is 0.383 e. The van der Waals surface area contributed by atoms with Crippen molar-refractivity contribution in [3.8, 4) is 0 Å². The van der Waals surface area contributed by atoms with E-state index in [4.69, 9.17) is 4.74 Å². The highest BCUT2D eigenvalue weighted by atomic mass is 16.5. The Morgan fingerprint density at radius 3 is 2.67 bits per heavy atom. The molecule has 0 aliphatic heterocycles. The molecule has 0 saturated heterocycles. The fourth-order valence-corrected chi connectivity index (χ4v) is 1.80. The number of aryl methyl sites for hydroxylation is 1. The van der Waals surface area contributed by atoms with E-state index in [9.17, 15) is 4.79 Å². The first kappa shape index (κ1) is 15.0. The maximum Gasteiger partial charge on any atom is 0.257 e. The van der Waals surface area contributed by atoms with Gasteiger partial charge < -0.3 is 15.4 Å². The molecule has 1 aromatic heterocycles. The van der Waals surface area contributed by atoms with Gasteiger partial charge in [-0.15, -0.1) is 0 Å². The molecule has 0 aliphatic rings. The molecule has 0 radical (unpaired) electrons. The third kappa shape index (κ3) is 4.57.